The molecule has 0 saturated heterocycles. The van der Waals surface area contributed by atoms with Crippen molar-refractivity contribution in [2.75, 3.05) is 32.1 Å². The Hall–Kier alpha value is -1.75. The normalized spacial score (nSPS) is 18.4. The third-order valence-electron chi connectivity index (χ3n) is 3.14. The maximum Gasteiger partial charge on any atom is 0.267 e. The second kappa shape index (κ2) is 5.48. The van der Waals surface area contributed by atoms with Crippen molar-refractivity contribution >= 4 is 11.6 Å². The van der Waals surface area contributed by atoms with Crippen LogP contribution in [-0.4, -0.2) is 49.2 Å². The minimum atomic E-state index is -0.506. The maximum atomic E-state index is 12.2. The van der Waals surface area contributed by atoms with E-state index in [1.54, 1.807) is 30.0 Å². The van der Waals surface area contributed by atoms with Crippen LogP contribution in [0.2, 0.25) is 0 Å². The van der Waals surface area contributed by atoms with Crippen LogP contribution >= 0.6 is 0 Å². The highest BCUT2D eigenvalue weighted by atomic mass is 16.5. The summed E-state index contributed by atoms with van der Waals surface area (Å²) in [6, 6.07) is 4.85. The lowest BCUT2D eigenvalue weighted by atomic mass is 10.1. The van der Waals surface area contributed by atoms with Crippen LogP contribution < -0.4 is 9.64 Å². The van der Waals surface area contributed by atoms with Gasteiger partial charge in [-0.25, -0.2) is 0 Å². The third kappa shape index (κ3) is 2.98. The molecule has 104 valence electrons. The number of benzene rings is 1. The molecule has 1 atom stereocenters. The molecular weight excluding hydrogens is 244 g/mol. The predicted octanol–water partition coefficient (Wildman–Crippen LogP) is 1.46. The monoisotopic (exact) mass is 264 g/mol. The van der Waals surface area contributed by atoms with Gasteiger partial charge >= 0.3 is 0 Å². The van der Waals surface area contributed by atoms with E-state index in [4.69, 9.17) is 4.74 Å². The number of ether oxygens (including phenoxy) is 1. The Morgan fingerprint density at radius 2 is 2.16 bits per heavy atom. The molecule has 5 nitrogen and oxygen atoms in total. The zero-order valence-corrected chi connectivity index (χ0v) is 11.6. The Morgan fingerprint density at radius 3 is 2.84 bits per heavy atom. The molecule has 5 heteroatoms. The van der Waals surface area contributed by atoms with Gasteiger partial charge in [-0.1, -0.05) is 0 Å². The molecule has 0 aliphatic carbocycles. The zero-order valence-electron chi connectivity index (χ0n) is 11.6. The minimum Gasteiger partial charge on any atom is -0.508 e. The largest absolute Gasteiger partial charge is 0.508 e. The number of fused-ring (bicyclic) bond motifs is 1. The molecule has 19 heavy (non-hydrogen) atoms. The van der Waals surface area contributed by atoms with Gasteiger partial charge in [-0.15, -0.1) is 0 Å². The summed E-state index contributed by atoms with van der Waals surface area (Å²) in [7, 11) is 4.02. The van der Waals surface area contributed by atoms with E-state index in [1.165, 1.54) is 0 Å². The van der Waals surface area contributed by atoms with Crippen LogP contribution in [0.5, 0.6) is 11.5 Å². The Morgan fingerprint density at radius 1 is 1.42 bits per heavy atom. The van der Waals surface area contributed by atoms with Crippen molar-refractivity contribution in [1.29, 1.82) is 0 Å². The summed E-state index contributed by atoms with van der Waals surface area (Å²) < 4.78 is 5.52. The van der Waals surface area contributed by atoms with Gasteiger partial charge < -0.3 is 19.6 Å². The fraction of sp³-hybridized carbons (Fsp3) is 0.500. The molecule has 0 bridgehead atoms. The lowest BCUT2D eigenvalue weighted by molar-refractivity contribution is -0.125. The Bertz CT molecular complexity index is 474. The van der Waals surface area contributed by atoms with E-state index in [0.717, 1.165) is 18.7 Å². The average Bonchev–Trinajstić information content (AvgIpc) is 2.33. The molecule has 1 aliphatic rings. The highest BCUT2D eigenvalue weighted by molar-refractivity contribution is 5.99. The molecule has 0 radical (unpaired) electrons. The van der Waals surface area contributed by atoms with Gasteiger partial charge in [-0.2, -0.15) is 0 Å². The zero-order chi connectivity index (χ0) is 14.0. The first-order valence-corrected chi connectivity index (χ1v) is 6.45. The Balaban J connectivity index is 2.19. The predicted molar refractivity (Wildman–Crippen MR) is 73.7 cm³/mol. The van der Waals surface area contributed by atoms with Crippen molar-refractivity contribution < 1.29 is 14.6 Å². The molecule has 2 rings (SSSR count). The number of aromatic hydroxyl groups is 1. The second-order valence-electron chi connectivity index (χ2n) is 5.06. The van der Waals surface area contributed by atoms with E-state index in [2.05, 4.69) is 4.90 Å². The lowest BCUT2D eigenvalue weighted by Gasteiger charge is -2.33. The molecule has 1 unspecified atom stereocenters. The van der Waals surface area contributed by atoms with Gasteiger partial charge in [-0.05, 0) is 46.1 Å². The number of phenols is 1. The van der Waals surface area contributed by atoms with Crippen molar-refractivity contribution in [2.45, 2.75) is 19.4 Å². The van der Waals surface area contributed by atoms with Crippen LogP contribution in [0.4, 0.5) is 5.69 Å². The van der Waals surface area contributed by atoms with Crippen LogP contribution in [0.15, 0.2) is 18.2 Å². The first-order valence-electron chi connectivity index (χ1n) is 6.45. The molecule has 0 fully saturated rings. The summed E-state index contributed by atoms with van der Waals surface area (Å²) in [5.41, 5.74) is 0.736. The number of phenolic OH excluding ortho intramolecular Hbond substituents is 1. The molecule has 1 heterocycles. The van der Waals surface area contributed by atoms with Gasteiger partial charge in [0, 0.05) is 12.6 Å². The average molecular weight is 264 g/mol. The minimum absolute atomic E-state index is 0.0306. The van der Waals surface area contributed by atoms with Gasteiger partial charge in [0.25, 0.3) is 5.91 Å². The fourth-order valence-electron chi connectivity index (χ4n) is 2.17. The fourth-order valence-corrected chi connectivity index (χ4v) is 2.17. The Labute approximate surface area is 113 Å². The molecule has 1 aromatic carbocycles. The number of carbonyl (C=O) groups excluding carboxylic acids is 1. The van der Waals surface area contributed by atoms with Gasteiger partial charge in [0.1, 0.15) is 11.5 Å². The number of nitrogens with zero attached hydrogens (tertiary/aromatic N) is 2. The topological polar surface area (TPSA) is 53.0 Å². The number of anilines is 1. The molecule has 1 amide bonds. The number of hydrogen-bond donors (Lipinski definition) is 1. The first-order chi connectivity index (χ1) is 8.99. The molecule has 0 saturated carbocycles. The summed E-state index contributed by atoms with van der Waals surface area (Å²) in [6.07, 6.45) is 0.389. The van der Waals surface area contributed by atoms with Crippen LogP contribution in [-0.2, 0) is 4.79 Å². The summed E-state index contributed by atoms with van der Waals surface area (Å²) in [5, 5.41) is 9.49. The van der Waals surface area contributed by atoms with Crippen LogP contribution in [0.25, 0.3) is 0 Å². The van der Waals surface area contributed by atoms with Crippen LogP contribution in [0, 0.1) is 0 Å². The van der Waals surface area contributed by atoms with Crippen LogP contribution in [0.1, 0.15) is 13.3 Å². The summed E-state index contributed by atoms with van der Waals surface area (Å²) in [5.74, 6) is 0.683. The highest BCUT2D eigenvalue weighted by Gasteiger charge is 2.31. The van der Waals surface area contributed by atoms with Crippen molar-refractivity contribution in [2.24, 2.45) is 0 Å². The van der Waals surface area contributed by atoms with Crippen molar-refractivity contribution in [1.82, 2.24) is 4.90 Å². The Kier molecular flexibility index (Phi) is 3.95. The highest BCUT2D eigenvalue weighted by Crippen LogP contribution is 2.36. The van der Waals surface area contributed by atoms with Gasteiger partial charge in [0.15, 0.2) is 6.10 Å². The van der Waals surface area contributed by atoms with E-state index < -0.39 is 6.10 Å². The molecule has 1 aromatic rings. The van der Waals surface area contributed by atoms with Crippen molar-refractivity contribution in [3.63, 3.8) is 0 Å². The number of rotatable bonds is 4. The molecule has 1 N–H and O–H groups in total. The van der Waals surface area contributed by atoms with E-state index in [1.807, 2.05) is 14.1 Å². The number of hydrogen-bond acceptors (Lipinski definition) is 4. The molecule has 0 spiro atoms. The third-order valence-corrected chi connectivity index (χ3v) is 3.14. The SMILES string of the molecule is CC1Oc2cc(O)ccc2N(CCCN(C)C)C1=O. The van der Waals surface area contributed by atoms with E-state index in [9.17, 15) is 9.90 Å². The van der Waals surface area contributed by atoms with E-state index in [-0.39, 0.29) is 11.7 Å². The quantitative estimate of drug-likeness (QED) is 0.894. The summed E-state index contributed by atoms with van der Waals surface area (Å²) >= 11 is 0. The van der Waals surface area contributed by atoms with Crippen LogP contribution in [0.3, 0.4) is 0 Å². The molecule has 1 aliphatic heterocycles. The molecular formula is C14H20N2O3. The van der Waals surface area contributed by atoms with Gasteiger partial charge in [0.2, 0.25) is 0 Å². The van der Waals surface area contributed by atoms with Gasteiger partial charge in [-0.3, -0.25) is 4.79 Å². The first kappa shape index (κ1) is 13.7. The maximum absolute atomic E-state index is 12.2. The standard InChI is InChI=1S/C14H20N2O3/c1-10-14(18)16(8-4-7-15(2)3)12-6-5-11(17)9-13(12)19-10/h5-6,9-10,17H,4,7-8H2,1-3H3. The van der Waals surface area contributed by atoms with Crippen molar-refractivity contribution in [3.8, 4) is 11.5 Å². The van der Waals surface area contributed by atoms with E-state index in [0.29, 0.717) is 12.3 Å². The van der Waals surface area contributed by atoms with E-state index >= 15 is 0 Å². The second-order valence-corrected chi connectivity index (χ2v) is 5.06. The lowest BCUT2D eigenvalue weighted by Crippen LogP contribution is -2.45. The molecule has 0 aromatic heterocycles. The van der Waals surface area contributed by atoms with Crippen molar-refractivity contribution in [3.05, 3.63) is 18.2 Å². The smallest absolute Gasteiger partial charge is 0.267 e. The van der Waals surface area contributed by atoms with Gasteiger partial charge in [0.05, 0.1) is 5.69 Å². The number of amides is 1. The summed E-state index contributed by atoms with van der Waals surface area (Å²) in [4.78, 5) is 16.0. The summed E-state index contributed by atoms with van der Waals surface area (Å²) in [6.45, 7) is 3.31. The number of carbonyl (C=O) groups is 1.